The number of nitrogens with one attached hydrogen (secondary N) is 2. The largest absolute Gasteiger partial charge is 0.277 e. The molecule has 0 radical (unpaired) electrons. The van der Waals surface area contributed by atoms with E-state index in [1.807, 2.05) is 13.0 Å². The quantitative estimate of drug-likeness (QED) is 0.535. The van der Waals surface area contributed by atoms with E-state index in [4.69, 9.17) is 11.6 Å². The Morgan fingerprint density at radius 3 is 2.81 bits per heavy atom. The van der Waals surface area contributed by atoms with Crippen molar-refractivity contribution in [1.29, 1.82) is 0 Å². The number of amides is 1. The smallest absolute Gasteiger partial charge is 0.262 e. The fourth-order valence-electron chi connectivity index (χ4n) is 2.50. The summed E-state index contributed by atoms with van der Waals surface area (Å²) in [6.45, 7) is 2.26. The Balaban J connectivity index is 1.77. The van der Waals surface area contributed by atoms with Crippen LogP contribution in [0.25, 0.3) is 17.0 Å². The molecule has 7 heteroatoms. The number of hydrogen-bond donors (Lipinski definition) is 2. The molecule has 0 fully saturated rings. The summed E-state index contributed by atoms with van der Waals surface area (Å²) in [5.74, 6) is -0.101. The zero-order valence-corrected chi connectivity index (χ0v) is 14.8. The van der Waals surface area contributed by atoms with Crippen LogP contribution in [-0.4, -0.2) is 15.5 Å². The van der Waals surface area contributed by atoms with Crippen molar-refractivity contribution in [2.24, 2.45) is 0 Å². The lowest BCUT2D eigenvalue weighted by Gasteiger charge is -2.13. The molecule has 132 valence electrons. The van der Waals surface area contributed by atoms with Gasteiger partial charge in [-0.2, -0.15) is 0 Å². The first-order valence-electron chi connectivity index (χ1n) is 8.07. The van der Waals surface area contributed by atoms with Gasteiger partial charge in [-0.25, -0.2) is 4.98 Å². The first-order valence-corrected chi connectivity index (χ1v) is 8.45. The van der Waals surface area contributed by atoms with Crippen molar-refractivity contribution in [3.63, 3.8) is 0 Å². The van der Waals surface area contributed by atoms with E-state index in [0.29, 0.717) is 22.5 Å². The second-order valence-electron chi connectivity index (χ2n) is 5.50. The third kappa shape index (κ3) is 3.92. The van der Waals surface area contributed by atoms with Crippen molar-refractivity contribution in [2.45, 2.75) is 13.5 Å². The second kappa shape index (κ2) is 7.84. The standard InChI is InChI=1S/C19H17ClN4O2/c1-2-24-18(26)15-8-3-4-9-16(15)21-19(24)23-22-17(25)11-10-13-6-5-7-14(20)12-13/h3-12H,2H2,1H3,(H,21,23)(H,22,25)/b11-10+. The van der Waals surface area contributed by atoms with Gasteiger partial charge in [-0.3, -0.25) is 25.0 Å². The molecular formula is C19H17ClN4O2. The molecule has 1 amide bonds. The summed E-state index contributed by atoms with van der Waals surface area (Å²) in [4.78, 5) is 28.9. The van der Waals surface area contributed by atoms with E-state index in [2.05, 4.69) is 15.8 Å². The van der Waals surface area contributed by atoms with Gasteiger partial charge in [0.2, 0.25) is 5.95 Å². The number of para-hydroxylation sites is 1. The summed E-state index contributed by atoms with van der Waals surface area (Å²) in [5, 5.41) is 1.13. The third-order valence-corrected chi connectivity index (χ3v) is 3.99. The van der Waals surface area contributed by atoms with E-state index in [-0.39, 0.29) is 17.4 Å². The lowest BCUT2D eigenvalue weighted by molar-refractivity contribution is -0.116. The summed E-state index contributed by atoms with van der Waals surface area (Å²) < 4.78 is 1.46. The molecule has 0 saturated carbocycles. The van der Waals surface area contributed by atoms with Crippen LogP contribution in [0.5, 0.6) is 0 Å². The van der Waals surface area contributed by atoms with Crippen molar-refractivity contribution in [3.8, 4) is 0 Å². The van der Waals surface area contributed by atoms with E-state index in [1.165, 1.54) is 10.6 Å². The van der Waals surface area contributed by atoms with Gasteiger partial charge in [-0.1, -0.05) is 35.9 Å². The molecule has 0 aliphatic rings. The molecule has 6 nitrogen and oxygen atoms in total. The van der Waals surface area contributed by atoms with Crippen molar-refractivity contribution >= 4 is 40.4 Å². The minimum absolute atomic E-state index is 0.163. The van der Waals surface area contributed by atoms with Crippen LogP contribution in [0.15, 0.2) is 59.4 Å². The molecule has 3 rings (SSSR count). The summed E-state index contributed by atoms with van der Waals surface area (Å²) in [7, 11) is 0. The normalized spacial score (nSPS) is 11.0. The molecule has 1 aromatic heterocycles. The Hall–Kier alpha value is -3.12. The Labute approximate surface area is 155 Å². The Bertz CT molecular complexity index is 1040. The lowest BCUT2D eigenvalue weighted by Crippen LogP contribution is -2.33. The Morgan fingerprint density at radius 1 is 1.23 bits per heavy atom. The van der Waals surface area contributed by atoms with Gasteiger partial charge in [-0.05, 0) is 42.8 Å². The maximum atomic E-state index is 12.5. The first kappa shape index (κ1) is 17.7. The van der Waals surface area contributed by atoms with Gasteiger partial charge in [0.05, 0.1) is 10.9 Å². The fraction of sp³-hybridized carbons (Fsp3) is 0.105. The molecule has 0 aliphatic heterocycles. The average molecular weight is 369 g/mol. The minimum Gasteiger partial charge on any atom is -0.277 e. The molecular weight excluding hydrogens is 352 g/mol. The van der Waals surface area contributed by atoms with E-state index in [9.17, 15) is 9.59 Å². The van der Waals surface area contributed by atoms with Crippen LogP contribution in [0.1, 0.15) is 12.5 Å². The van der Waals surface area contributed by atoms with Gasteiger partial charge in [0.15, 0.2) is 0 Å². The van der Waals surface area contributed by atoms with Gasteiger partial charge >= 0.3 is 0 Å². The van der Waals surface area contributed by atoms with Gasteiger partial charge in [0.25, 0.3) is 11.5 Å². The molecule has 1 heterocycles. The molecule has 0 bridgehead atoms. The highest BCUT2D eigenvalue weighted by atomic mass is 35.5. The van der Waals surface area contributed by atoms with Crippen LogP contribution in [0, 0.1) is 0 Å². The number of halogens is 1. The number of hydrogen-bond acceptors (Lipinski definition) is 4. The van der Waals surface area contributed by atoms with Gasteiger partial charge in [0.1, 0.15) is 0 Å². The molecule has 0 atom stereocenters. The molecule has 2 N–H and O–H groups in total. The molecule has 2 aromatic carbocycles. The fourth-order valence-corrected chi connectivity index (χ4v) is 2.70. The van der Waals surface area contributed by atoms with Gasteiger partial charge in [-0.15, -0.1) is 0 Å². The van der Waals surface area contributed by atoms with Crippen molar-refractivity contribution in [2.75, 3.05) is 5.43 Å². The van der Waals surface area contributed by atoms with E-state index in [0.717, 1.165) is 5.56 Å². The van der Waals surface area contributed by atoms with Crippen LogP contribution in [-0.2, 0) is 11.3 Å². The monoisotopic (exact) mass is 368 g/mol. The van der Waals surface area contributed by atoms with Crippen LogP contribution in [0.4, 0.5) is 5.95 Å². The number of rotatable bonds is 5. The van der Waals surface area contributed by atoms with Crippen LogP contribution >= 0.6 is 11.6 Å². The first-order chi connectivity index (χ1) is 12.6. The highest BCUT2D eigenvalue weighted by Crippen LogP contribution is 2.12. The number of fused-ring (bicyclic) bond motifs is 1. The van der Waals surface area contributed by atoms with Crippen LogP contribution in [0.2, 0.25) is 5.02 Å². The average Bonchev–Trinajstić information content (AvgIpc) is 2.65. The third-order valence-electron chi connectivity index (χ3n) is 3.75. The van der Waals surface area contributed by atoms with E-state index >= 15 is 0 Å². The molecule has 26 heavy (non-hydrogen) atoms. The molecule has 3 aromatic rings. The van der Waals surface area contributed by atoms with Crippen LogP contribution < -0.4 is 16.4 Å². The number of carbonyl (C=O) groups is 1. The minimum atomic E-state index is -0.380. The predicted octanol–water partition coefficient (Wildman–Crippen LogP) is 3.23. The SMILES string of the molecule is CCn1c(NNC(=O)/C=C/c2cccc(Cl)c2)nc2ccccc2c1=O. The molecule has 0 spiro atoms. The predicted molar refractivity (Wildman–Crippen MR) is 104 cm³/mol. The van der Waals surface area contributed by atoms with Crippen molar-refractivity contribution in [1.82, 2.24) is 15.0 Å². The van der Waals surface area contributed by atoms with Crippen molar-refractivity contribution in [3.05, 3.63) is 75.5 Å². The van der Waals surface area contributed by atoms with E-state index < -0.39 is 0 Å². The second-order valence-corrected chi connectivity index (χ2v) is 5.94. The molecule has 0 saturated heterocycles. The zero-order chi connectivity index (χ0) is 18.5. The Morgan fingerprint density at radius 2 is 2.04 bits per heavy atom. The summed E-state index contributed by atoms with van der Waals surface area (Å²) in [6, 6.07) is 14.2. The lowest BCUT2D eigenvalue weighted by atomic mass is 10.2. The Kier molecular flexibility index (Phi) is 5.34. The number of benzene rings is 2. The number of aromatic nitrogens is 2. The summed E-state index contributed by atoms with van der Waals surface area (Å²) >= 11 is 5.91. The van der Waals surface area contributed by atoms with E-state index in [1.54, 1.807) is 48.5 Å². The van der Waals surface area contributed by atoms with Gasteiger partial charge in [0, 0.05) is 17.6 Å². The number of carbonyl (C=O) groups excluding carboxylic acids is 1. The van der Waals surface area contributed by atoms with Crippen molar-refractivity contribution < 1.29 is 4.79 Å². The highest BCUT2D eigenvalue weighted by Gasteiger charge is 2.09. The molecule has 0 aliphatic carbocycles. The summed E-state index contributed by atoms with van der Waals surface area (Å²) in [6.07, 6.45) is 3.01. The number of hydrazine groups is 1. The van der Waals surface area contributed by atoms with Gasteiger partial charge < -0.3 is 0 Å². The topological polar surface area (TPSA) is 76.0 Å². The van der Waals surface area contributed by atoms with Crippen LogP contribution in [0.3, 0.4) is 0 Å². The number of nitrogens with zero attached hydrogens (tertiary/aromatic N) is 2. The summed E-state index contributed by atoms with van der Waals surface area (Å²) in [5.41, 5.74) is 6.45. The maximum absolute atomic E-state index is 12.5. The maximum Gasteiger partial charge on any atom is 0.262 e. The molecule has 0 unspecified atom stereocenters. The zero-order valence-electron chi connectivity index (χ0n) is 14.1. The highest BCUT2D eigenvalue weighted by molar-refractivity contribution is 6.30. The number of anilines is 1.